The Morgan fingerprint density at radius 1 is 0.939 bits per heavy atom. The third kappa shape index (κ3) is 12.4. The molecule has 4 aromatic rings. The Bertz CT molecular complexity index is 1660. The van der Waals surface area contributed by atoms with Gasteiger partial charge in [-0.2, -0.15) is 26.3 Å². The molecule has 4 N–H and O–H groups in total. The number of carbonyl (C=O) groups is 2. The molecule has 0 radical (unpaired) electrons. The molecule has 0 amide bonds. The van der Waals surface area contributed by atoms with Crippen LogP contribution in [0.4, 0.5) is 32.0 Å². The van der Waals surface area contributed by atoms with E-state index in [9.17, 15) is 31.4 Å². The van der Waals surface area contributed by atoms with Crippen molar-refractivity contribution in [2.24, 2.45) is 0 Å². The molecule has 19 heteroatoms. The lowest BCUT2D eigenvalue weighted by Gasteiger charge is -2.37. The Hall–Kier alpha value is -4.62. The number of ether oxygens (including phenoxy) is 2. The van der Waals surface area contributed by atoms with Gasteiger partial charge in [0.1, 0.15) is 30.0 Å². The third-order valence-electron chi connectivity index (χ3n) is 6.62. The van der Waals surface area contributed by atoms with Gasteiger partial charge in [-0.05, 0) is 58.4 Å². The van der Waals surface area contributed by atoms with E-state index in [-0.39, 0.29) is 6.61 Å². The van der Waals surface area contributed by atoms with E-state index in [1.807, 2.05) is 42.5 Å². The van der Waals surface area contributed by atoms with E-state index in [1.165, 1.54) is 5.69 Å². The summed E-state index contributed by atoms with van der Waals surface area (Å²) in [7, 11) is 1.69. The van der Waals surface area contributed by atoms with Gasteiger partial charge >= 0.3 is 24.3 Å². The van der Waals surface area contributed by atoms with Crippen LogP contribution in [0.15, 0.2) is 65.3 Å². The van der Waals surface area contributed by atoms with Crippen molar-refractivity contribution in [2.75, 3.05) is 51.3 Å². The maximum Gasteiger partial charge on any atom is 0.490 e. The maximum atomic E-state index is 10.6. The predicted octanol–water partition coefficient (Wildman–Crippen LogP) is 5.22. The zero-order valence-electron chi connectivity index (χ0n) is 25.5. The fraction of sp³-hybridized carbons (Fsp3) is 0.333. The van der Waals surface area contributed by atoms with E-state index in [4.69, 9.17) is 29.3 Å². The predicted molar refractivity (Wildman–Crippen MR) is 168 cm³/mol. The smallest absolute Gasteiger partial charge is 0.490 e. The Morgan fingerprint density at radius 3 is 2.08 bits per heavy atom. The van der Waals surface area contributed by atoms with Crippen molar-refractivity contribution in [3.05, 3.63) is 65.3 Å². The molecular weight excluding hydrogens is 736 g/mol. The largest absolute Gasteiger partial charge is 0.497 e. The van der Waals surface area contributed by atoms with Gasteiger partial charge in [-0.3, -0.25) is 4.90 Å². The molecule has 1 aliphatic heterocycles. The number of aliphatic hydroxyl groups excluding tert-OH is 1. The number of fused-ring (bicyclic) bond motifs is 1. The maximum absolute atomic E-state index is 10.6. The monoisotopic (exact) mass is 765 g/mol. The van der Waals surface area contributed by atoms with Crippen LogP contribution in [-0.4, -0.2) is 112 Å². The average Bonchev–Trinajstić information content (AvgIpc) is 3.47. The summed E-state index contributed by atoms with van der Waals surface area (Å²) in [6.45, 7) is 4.45. The number of aliphatic carboxylic acids is 2. The van der Waals surface area contributed by atoms with Crippen LogP contribution in [0.25, 0.3) is 22.6 Å². The molecule has 0 bridgehead atoms. The minimum Gasteiger partial charge on any atom is -0.497 e. The van der Waals surface area contributed by atoms with Crippen LogP contribution in [0.3, 0.4) is 0 Å². The molecule has 1 aliphatic rings. The zero-order valence-corrected chi connectivity index (χ0v) is 27.1. The summed E-state index contributed by atoms with van der Waals surface area (Å²) in [4.78, 5) is 34.6. The molecule has 5 rings (SSSR count). The van der Waals surface area contributed by atoms with Gasteiger partial charge in [-0.15, -0.1) is 0 Å². The molecule has 1 fully saturated rings. The summed E-state index contributed by atoms with van der Waals surface area (Å²) in [5, 5.41) is 24.8. The molecular formula is C30H30BrF6N5O7. The van der Waals surface area contributed by atoms with Crippen molar-refractivity contribution in [2.45, 2.75) is 18.5 Å². The van der Waals surface area contributed by atoms with Gasteiger partial charge in [0.05, 0.1) is 12.6 Å². The fourth-order valence-electron chi connectivity index (χ4n) is 4.26. The standard InChI is InChI=1S/C26H28BrN5O3.2C2HF3O2/c1-34-23-4-2-3-20(14-23)32-11-9-31(10-12-32)16-21(33)17-35-22-7-5-18(6-8-22)25-29-24-13-19(27)15-28-26(24)30-25;2*3-2(4,5)1(6)7/h2-8,13-15,21,33H,9-12,16-17H2,1H3,(H,28,29,30);2*(H,6,7). The lowest BCUT2D eigenvalue weighted by Crippen LogP contribution is -2.49. The van der Waals surface area contributed by atoms with E-state index in [0.29, 0.717) is 17.9 Å². The van der Waals surface area contributed by atoms with Crippen LogP contribution < -0.4 is 14.4 Å². The quantitative estimate of drug-likeness (QED) is 0.174. The summed E-state index contributed by atoms with van der Waals surface area (Å²) in [5.41, 5.74) is 3.67. The Kier molecular flexibility index (Phi) is 13.6. The van der Waals surface area contributed by atoms with Crippen molar-refractivity contribution in [1.29, 1.82) is 0 Å². The number of aliphatic hydroxyl groups is 1. The second kappa shape index (κ2) is 17.2. The second-order valence-electron chi connectivity index (χ2n) is 10.2. The molecule has 12 nitrogen and oxygen atoms in total. The number of carboxylic acid groups (broad SMARTS) is 2. The van der Waals surface area contributed by atoms with Gasteiger partial charge in [0.15, 0.2) is 5.65 Å². The number of hydrogen-bond donors (Lipinski definition) is 4. The highest BCUT2D eigenvalue weighted by Gasteiger charge is 2.38. The van der Waals surface area contributed by atoms with Gasteiger partial charge < -0.3 is 34.7 Å². The van der Waals surface area contributed by atoms with Crippen LogP contribution in [0.5, 0.6) is 11.5 Å². The minimum absolute atomic E-state index is 0.248. The molecule has 49 heavy (non-hydrogen) atoms. The Balaban J connectivity index is 0.000000392. The molecule has 0 spiro atoms. The Labute approximate surface area is 283 Å². The highest BCUT2D eigenvalue weighted by Crippen LogP contribution is 2.25. The molecule has 266 valence electrons. The number of benzene rings is 2. The van der Waals surface area contributed by atoms with Crippen LogP contribution in [0, 0.1) is 0 Å². The second-order valence-corrected chi connectivity index (χ2v) is 11.1. The molecule has 0 aliphatic carbocycles. The van der Waals surface area contributed by atoms with Gasteiger partial charge in [-0.25, -0.2) is 19.6 Å². The van der Waals surface area contributed by atoms with Crippen LogP contribution in [0.1, 0.15) is 0 Å². The number of nitrogens with one attached hydrogen (secondary N) is 1. The van der Waals surface area contributed by atoms with Crippen LogP contribution in [0.2, 0.25) is 0 Å². The number of imidazole rings is 1. The molecule has 3 heterocycles. The fourth-order valence-corrected chi connectivity index (χ4v) is 4.59. The molecule has 2 aromatic carbocycles. The van der Waals surface area contributed by atoms with E-state index >= 15 is 0 Å². The van der Waals surface area contributed by atoms with E-state index in [1.54, 1.807) is 13.3 Å². The lowest BCUT2D eigenvalue weighted by atomic mass is 10.2. The van der Waals surface area contributed by atoms with Gasteiger partial charge in [0, 0.05) is 60.7 Å². The first kappa shape index (κ1) is 38.8. The first-order valence-corrected chi connectivity index (χ1v) is 14.9. The number of rotatable bonds is 8. The average molecular weight is 766 g/mol. The van der Waals surface area contributed by atoms with Gasteiger partial charge in [-0.1, -0.05) is 6.07 Å². The van der Waals surface area contributed by atoms with Crippen molar-refractivity contribution < 1.29 is 60.7 Å². The summed E-state index contributed by atoms with van der Waals surface area (Å²) in [5.74, 6) is -3.17. The van der Waals surface area contributed by atoms with Crippen molar-refractivity contribution in [1.82, 2.24) is 19.9 Å². The zero-order chi connectivity index (χ0) is 36.4. The summed E-state index contributed by atoms with van der Waals surface area (Å²) in [6.07, 6.45) is -8.99. The third-order valence-corrected chi connectivity index (χ3v) is 7.05. The molecule has 1 unspecified atom stereocenters. The SMILES string of the molecule is COc1cccc(N2CCN(CC(O)COc3ccc(-c4nc5ncc(Br)cc5[nH]4)cc3)CC2)c1.O=C(O)C(F)(F)F.O=C(O)C(F)(F)F. The lowest BCUT2D eigenvalue weighted by molar-refractivity contribution is -0.193. The number of pyridine rings is 1. The van der Waals surface area contributed by atoms with Crippen molar-refractivity contribution in [3.8, 4) is 22.9 Å². The number of aromatic amines is 1. The molecule has 2 aromatic heterocycles. The number of hydrogen-bond acceptors (Lipinski definition) is 9. The normalized spacial score (nSPS) is 14.2. The number of aromatic nitrogens is 3. The van der Waals surface area contributed by atoms with Crippen LogP contribution >= 0.6 is 15.9 Å². The molecule has 0 saturated carbocycles. The number of β-amino-alcohol motifs (C(OH)–C–C–N with tert-alkyl or cyclic N) is 1. The van der Waals surface area contributed by atoms with Gasteiger partial charge in [0.25, 0.3) is 0 Å². The number of H-pyrrole nitrogens is 1. The Morgan fingerprint density at radius 2 is 1.53 bits per heavy atom. The number of piperazine rings is 1. The van der Waals surface area contributed by atoms with E-state index in [2.05, 4.69) is 52.8 Å². The number of alkyl halides is 6. The molecule has 1 atom stereocenters. The topological polar surface area (TPSA) is 161 Å². The number of nitrogens with zero attached hydrogens (tertiary/aromatic N) is 4. The summed E-state index contributed by atoms with van der Waals surface area (Å²) < 4.78 is 75.6. The van der Waals surface area contributed by atoms with Gasteiger partial charge in [0.2, 0.25) is 0 Å². The number of halogens is 7. The number of anilines is 1. The van der Waals surface area contributed by atoms with Crippen LogP contribution in [-0.2, 0) is 9.59 Å². The highest BCUT2D eigenvalue weighted by atomic mass is 79.9. The first-order valence-electron chi connectivity index (χ1n) is 14.1. The van der Waals surface area contributed by atoms with E-state index in [0.717, 1.165) is 53.3 Å². The number of methoxy groups -OCH3 is 1. The number of carboxylic acids is 2. The van der Waals surface area contributed by atoms with Crippen molar-refractivity contribution in [3.63, 3.8) is 0 Å². The van der Waals surface area contributed by atoms with E-state index < -0.39 is 30.4 Å². The van der Waals surface area contributed by atoms with Crippen molar-refractivity contribution >= 4 is 44.7 Å². The summed E-state index contributed by atoms with van der Waals surface area (Å²) in [6, 6.07) is 17.8. The summed E-state index contributed by atoms with van der Waals surface area (Å²) >= 11 is 3.43. The molecule has 1 saturated heterocycles. The highest BCUT2D eigenvalue weighted by molar-refractivity contribution is 9.10. The minimum atomic E-state index is -5.08. The first-order chi connectivity index (χ1) is 23.0.